The minimum absolute atomic E-state index is 0.0118. The summed E-state index contributed by atoms with van der Waals surface area (Å²) in [6.45, 7) is -0.0118. The lowest BCUT2D eigenvalue weighted by molar-refractivity contribution is -0.394. The quantitative estimate of drug-likeness (QED) is 0.459. The van der Waals surface area contributed by atoms with Crippen molar-refractivity contribution in [2.45, 2.75) is 12.7 Å². The molecule has 0 radical (unpaired) electrons. The van der Waals surface area contributed by atoms with E-state index in [1.807, 2.05) is 0 Å². The highest BCUT2D eigenvalue weighted by Crippen LogP contribution is 2.29. The third-order valence-corrected chi connectivity index (χ3v) is 4.08. The molecule has 0 aliphatic carbocycles. The number of non-ortho nitro benzene ring substituents is 2. The van der Waals surface area contributed by atoms with Gasteiger partial charge in [0.25, 0.3) is 17.3 Å². The zero-order valence-electron chi connectivity index (χ0n) is 15.4. The number of rotatable bonds is 6. The van der Waals surface area contributed by atoms with Crippen LogP contribution in [0.1, 0.15) is 21.5 Å². The molecule has 160 valence electrons. The van der Waals surface area contributed by atoms with Crippen LogP contribution >= 0.6 is 0 Å². The summed E-state index contributed by atoms with van der Waals surface area (Å²) in [6.07, 6.45) is -1.93. The number of alkyl halides is 3. The summed E-state index contributed by atoms with van der Waals surface area (Å²) in [4.78, 5) is 32.5. The van der Waals surface area contributed by atoms with Crippen molar-refractivity contribution in [3.05, 3.63) is 91.8 Å². The molecule has 10 nitrogen and oxygen atoms in total. The van der Waals surface area contributed by atoms with E-state index in [1.165, 1.54) is 29.2 Å². The van der Waals surface area contributed by atoms with Crippen molar-refractivity contribution >= 4 is 23.0 Å². The van der Waals surface area contributed by atoms with Crippen LogP contribution in [0.4, 0.5) is 30.2 Å². The van der Waals surface area contributed by atoms with Crippen molar-refractivity contribution in [1.82, 2.24) is 9.78 Å². The van der Waals surface area contributed by atoms with Crippen LogP contribution in [0.3, 0.4) is 0 Å². The van der Waals surface area contributed by atoms with Crippen LogP contribution in [0.15, 0.2) is 54.9 Å². The molecule has 0 unspecified atom stereocenters. The summed E-state index contributed by atoms with van der Waals surface area (Å²) in [6, 6.07) is 7.16. The van der Waals surface area contributed by atoms with Crippen LogP contribution < -0.4 is 5.32 Å². The highest BCUT2D eigenvalue weighted by Gasteiger charge is 2.30. The Labute approximate surface area is 171 Å². The van der Waals surface area contributed by atoms with Crippen molar-refractivity contribution in [2.24, 2.45) is 0 Å². The van der Waals surface area contributed by atoms with Gasteiger partial charge in [-0.05, 0) is 17.7 Å². The molecule has 0 fully saturated rings. The second-order valence-electron chi connectivity index (χ2n) is 6.33. The maximum atomic E-state index is 12.8. The number of benzene rings is 2. The number of halogens is 3. The largest absolute Gasteiger partial charge is 0.416 e. The number of nitro benzene ring substituents is 2. The average molecular weight is 435 g/mol. The fourth-order valence-corrected chi connectivity index (χ4v) is 2.69. The fourth-order valence-electron chi connectivity index (χ4n) is 2.69. The Morgan fingerprint density at radius 1 is 1.06 bits per heavy atom. The number of amides is 1. The first-order valence-electron chi connectivity index (χ1n) is 8.47. The highest BCUT2D eigenvalue weighted by atomic mass is 19.4. The molecule has 3 rings (SSSR count). The van der Waals surface area contributed by atoms with E-state index >= 15 is 0 Å². The first kappa shape index (κ1) is 21.4. The minimum atomic E-state index is -4.49. The Bertz CT molecular complexity index is 1140. The topological polar surface area (TPSA) is 133 Å². The molecule has 13 heteroatoms. The number of carbonyl (C=O) groups is 1. The first-order chi connectivity index (χ1) is 14.5. The normalized spacial score (nSPS) is 11.2. The summed E-state index contributed by atoms with van der Waals surface area (Å²) >= 11 is 0. The van der Waals surface area contributed by atoms with Gasteiger partial charge in [0, 0.05) is 18.3 Å². The average Bonchev–Trinajstić information content (AvgIpc) is 3.13. The Hall–Kier alpha value is -4.29. The number of nitro groups is 2. The molecule has 0 aliphatic heterocycles. The number of hydrogen-bond donors (Lipinski definition) is 1. The van der Waals surface area contributed by atoms with Crippen molar-refractivity contribution in [3.63, 3.8) is 0 Å². The van der Waals surface area contributed by atoms with Gasteiger partial charge in [0.05, 0.1) is 45.5 Å². The van der Waals surface area contributed by atoms with Crippen LogP contribution in [0.2, 0.25) is 0 Å². The summed E-state index contributed by atoms with van der Waals surface area (Å²) in [5, 5.41) is 28.2. The van der Waals surface area contributed by atoms with Gasteiger partial charge in [-0.15, -0.1) is 0 Å². The highest BCUT2D eigenvalue weighted by molar-refractivity contribution is 6.05. The molecule has 1 heterocycles. The van der Waals surface area contributed by atoms with Gasteiger partial charge in [0.1, 0.15) is 0 Å². The lowest BCUT2D eigenvalue weighted by atomic mass is 10.1. The van der Waals surface area contributed by atoms with E-state index in [9.17, 15) is 38.2 Å². The van der Waals surface area contributed by atoms with E-state index < -0.39 is 38.9 Å². The molecule has 0 saturated carbocycles. The molecule has 2 aromatic carbocycles. The van der Waals surface area contributed by atoms with Crippen molar-refractivity contribution in [3.8, 4) is 0 Å². The van der Waals surface area contributed by atoms with Crippen LogP contribution in [0.5, 0.6) is 0 Å². The lowest BCUT2D eigenvalue weighted by Crippen LogP contribution is -2.12. The van der Waals surface area contributed by atoms with Crippen molar-refractivity contribution in [2.75, 3.05) is 5.32 Å². The van der Waals surface area contributed by atoms with Crippen LogP contribution in [-0.2, 0) is 12.7 Å². The van der Waals surface area contributed by atoms with E-state index in [2.05, 4.69) is 10.4 Å². The molecule has 1 N–H and O–H groups in total. The number of anilines is 1. The van der Waals surface area contributed by atoms with Gasteiger partial charge in [0.15, 0.2) is 0 Å². The maximum Gasteiger partial charge on any atom is 0.416 e. The molecule has 0 saturated heterocycles. The number of nitrogens with one attached hydrogen (secondary N) is 1. The predicted molar refractivity (Wildman–Crippen MR) is 100 cm³/mol. The third-order valence-electron chi connectivity index (χ3n) is 4.08. The zero-order chi connectivity index (χ0) is 22.8. The molecular weight excluding hydrogens is 423 g/mol. The lowest BCUT2D eigenvalue weighted by Gasteiger charge is -2.08. The number of aromatic nitrogens is 2. The van der Waals surface area contributed by atoms with Gasteiger partial charge in [-0.3, -0.25) is 29.7 Å². The molecule has 0 bridgehead atoms. The Balaban J connectivity index is 1.76. The van der Waals surface area contributed by atoms with Gasteiger partial charge in [0.2, 0.25) is 0 Å². The smallest absolute Gasteiger partial charge is 0.319 e. The third kappa shape index (κ3) is 5.20. The second kappa shape index (κ2) is 8.22. The number of carbonyl (C=O) groups excluding carboxylic acids is 1. The molecule has 1 amide bonds. The number of nitrogens with zero attached hydrogens (tertiary/aromatic N) is 4. The van der Waals surface area contributed by atoms with Crippen molar-refractivity contribution in [1.29, 1.82) is 0 Å². The van der Waals surface area contributed by atoms with Gasteiger partial charge >= 0.3 is 6.18 Å². The van der Waals surface area contributed by atoms with Crippen molar-refractivity contribution < 1.29 is 27.8 Å². The van der Waals surface area contributed by atoms with E-state index in [1.54, 1.807) is 0 Å². The summed E-state index contributed by atoms with van der Waals surface area (Å²) in [7, 11) is 0. The summed E-state index contributed by atoms with van der Waals surface area (Å²) < 4.78 is 39.7. The first-order valence-corrected chi connectivity index (χ1v) is 8.47. The standard InChI is InChI=1S/C18H12F3N5O5/c19-18(20,21)13-3-1-2-11(4-13)9-24-10-14(8-22-24)23-17(27)12-5-15(25(28)29)7-16(6-12)26(30)31/h1-8,10H,9H2,(H,23,27). The number of hydrogen-bond acceptors (Lipinski definition) is 6. The van der Waals surface area contributed by atoms with E-state index in [4.69, 9.17) is 0 Å². The van der Waals surface area contributed by atoms with Crippen LogP contribution in [0.25, 0.3) is 0 Å². The Morgan fingerprint density at radius 2 is 1.71 bits per heavy atom. The molecule has 1 aromatic heterocycles. The maximum absolute atomic E-state index is 12.8. The van der Waals surface area contributed by atoms with Gasteiger partial charge in [-0.2, -0.15) is 18.3 Å². The fraction of sp³-hybridized carbons (Fsp3) is 0.111. The van der Waals surface area contributed by atoms with Crippen LogP contribution in [0, 0.1) is 20.2 Å². The Kier molecular flexibility index (Phi) is 5.68. The molecule has 0 atom stereocenters. The van der Waals surface area contributed by atoms with Gasteiger partial charge in [-0.25, -0.2) is 0 Å². The predicted octanol–water partition coefficient (Wildman–Crippen LogP) is 4.02. The minimum Gasteiger partial charge on any atom is -0.319 e. The summed E-state index contributed by atoms with van der Waals surface area (Å²) in [5.74, 6) is -0.856. The molecule has 0 spiro atoms. The monoisotopic (exact) mass is 435 g/mol. The molecule has 3 aromatic rings. The van der Waals surface area contributed by atoms with Gasteiger partial charge in [-0.1, -0.05) is 12.1 Å². The second-order valence-corrected chi connectivity index (χ2v) is 6.33. The van der Waals surface area contributed by atoms with E-state index in [-0.39, 0.29) is 17.8 Å². The van der Waals surface area contributed by atoms with E-state index in [0.29, 0.717) is 5.56 Å². The zero-order valence-corrected chi connectivity index (χ0v) is 15.4. The van der Waals surface area contributed by atoms with Gasteiger partial charge < -0.3 is 5.32 Å². The van der Waals surface area contributed by atoms with E-state index in [0.717, 1.165) is 30.3 Å². The molecule has 31 heavy (non-hydrogen) atoms. The van der Waals surface area contributed by atoms with Crippen LogP contribution in [-0.4, -0.2) is 25.5 Å². The molecule has 0 aliphatic rings. The Morgan fingerprint density at radius 3 is 2.29 bits per heavy atom. The molecular formula is C18H12F3N5O5. The SMILES string of the molecule is O=C(Nc1cnn(Cc2cccc(C(F)(F)F)c2)c1)c1cc([N+](=O)[O-])cc([N+](=O)[O-])c1. The summed E-state index contributed by atoms with van der Waals surface area (Å²) in [5.41, 5.74) is -1.90.